The number of hydrogen-bond donors (Lipinski definition) is 3. The lowest BCUT2D eigenvalue weighted by molar-refractivity contribution is -0.153. The summed E-state index contributed by atoms with van der Waals surface area (Å²) < 4.78 is 36.7. The van der Waals surface area contributed by atoms with Crippen molar-refractivity contribution in [2.75, 3.05) is 17.6 Å². The number of benzene rings is 1. The highest BCUT2D eigenvalue weighted by atomic mass is 32.2. The van der Waals surface area contributed by atoms with Gasteiger partial charge in [0.2, 0.25) is 10.0 Å². The SMILES string of the molecule is CS(=O)(=O)Nc1ccc2c(c1)[C@H]1C[C@H](CC(=O)O)O[C@H](CO)[C@H]1O2. The Bertz CT molecular complexity index is 748. The first kappa shape index (κ1) is 17.0. The Morgan fingerprint density at radius 1 is 1.42 bits per heavy atom. The maximum absolute atomic E-state index is 11.4. The van der Waals surface area contributed by atoms with Gasteiger partial charge in [-0.25, -0.2) is 8.42 Å². The minimum Gasteiger partial charge on any atom is -0.487 e. The van der Waals surface area contributed by atoms with E-state index in [0.29, 0.717) is 17.9 Å². The molecular weight excluding hydrogens is 338 g/mol. The molecule has 8 nitrogen and oxygen atoms in total. The zero-order valence-corrected chi connectivity index (χ0v) is 13.8. The average Bonchev–Trinajstić information content (AvgIpc) is 2.82. The summed E-state index contributed by atoms with van der Waals surface area (Å²) in [6.07, 6.45) is -0.213. The van der Waals surface area contributed by atoms with Crippen LogP contribution in [-0.2, 0) is 19.6 Å². The van der Waals surface area contributed by atoms with Gasteiger partial charge >= 0.3 is 5.97 Å². The second-order valence-corrected chi connectivity index (χ2v) is 7.88. The molecule has 2 heterocycles. The molecule has 0 saturated carbocycles. The van der Waals surface area contributed by atoms with E-state index in [1.807, 2.05) is 0 Å². The Balaban J connectivity index is 1.89. The second kappa shape index (κ2) is 6.23. The van der Waals surface area contributed by atoms with E-state index in [0.717, 1.165) is 11.8 Å². The van der Waals surface area contributed by atoms with Crippen molar-refractivity contribution in [2.24, 2.45) is 0 Å². The molecule has 1 saturated heterocycles. The molecule has 2 aliphatic rings. The number of carboxylic acids is 1. The van der Waals surface area contributed by atoms with Gasteiger partial charge in [0.25, 0.3) is 0 Å². The van der Waals surface area contributed by atoms with Crippen molar-refractivity contribution < 1.29 is 32.9 Å². The minimum atomic E-state index is -3.40. The molecule has 4 atom stereocenters. The number of aliphatic hydroxyl groups excluding tert-OH is 1. The highest BCUT2D eigenvalue weighted by Crippen LogP contribution is 2.47. The molecule has 3 rings (SSSR count). The van der Waals surface area contributed by atoms with Crippen LogP contribution in [0.1, 0.15) is 24.3 Å². The number of aliphatic hydroxyl groups is 1. The first-order valence-electron chi connectivity index (χ1n) is 7.53. The Hall–Kier alpha value is -1.84. The van der Waals surface area contributed by atoms with Gasteiger partial charge in [0.1, 0.15) is 18.0 Å². The summed E-state index contributed by atoms with van der Waals surface area (Å²) in [4.78, 5) is 11.0. The van der Waals surface area contributed by atoms with E-state index in [4.69, 9.17) is 14.6 Å². The molecule has 1 aromatic carbocycles. The topological polar surface area (TPSA) is 122 Å². The number of aliphatic carboxylic acids is 1. The number of sulfonamides is 1. The van der Waals surface area contributed by atoms with Crippen molar-refractivity contribution in [2.45, 2.75) is 37.1 Å². The lowest BCUT2D eigenvalue weighted by Gasteiger charge is -2.36. The van der Waals surface area contributed by atoms with Crippen LogP contribution in [0.5, 0.6) is 5.75 Å². The molecule has 24 heavy (non-hydrogen) atoms. The van der Waals surface area contributed by atoms with E-state index >= 15 is 0 Å². The number of nitrogens with one attached hydrogen (secondary N) is 1. The van der Waals surface area contributed by atoms with E-state index in [9.17, 15) is 18.3 Å². The summed E-state index contributed by atoms with van der Waals surface area (Å²) in [5.74, 6) is -0.527. The number of fused-ring (bicyclic) bond motifs is 3. The number of hydrogen-bond acceptors (Lipinski definition) is 6. The fourth-order valence-corrected chi connectivity index (χ4v) is 3.92. The first-order chi connectivity index (χ1) is 11.3. The number of ether oxygens (including phenoxy) is 2. The Kier molecular flexibility index (Phi) is 4.41. The smallest absolute Gasteiger partial charge is 0.305 e. The standard InChI is InChI=1S/C15H19NO7S/c1-24(20,21)16-8-2-3-12-10(4-8)11-5-9(6-14(18)19)22-13(7-17)15(11)23-12/h2-4,9,11,13,15-17H,5-7H2,1H3,(H,18,19)/t9-,11-,13-,15+/m1/s1. The minimum absolute atomic E-state index is 0.156. The van der Waals surface area contributed by atoms with Gasteiger partial charge in [-0.3, -0.25) is 9.52 Å². The Labute approximate surface area is 139 Å². The molecular formula is C15H19NO7S. The zero-order valence-electron chi connectivity index (χ0n) is 13.0. The first-order valence-corrected chi connectivity index (χ1v) is 9.42. The van der Waals surface area contributed by atoms with Crippen LogP contribution in [0.2, 0.25) is 0 Å². The van der Waals surface area contributed by atoms with Gasteiger partial charge in [0.15, 0.2) is 0 Å². The van der Waals surface area contributed by atoms with Crippen molar-refractivity contribution >= 4 is 21.7 Å². The molecule has 0 radical (unpaired) electrons. The largest absolute Gasteiger partial charge is 0.487 e. The van der Waals surface area contributed by atoms with E-state index in [1.54, 1.807) is 18.2 Å². The van der Waals surface area contributed by atoms with Crippen LogP contribution < -0.4 is 9.46 Å². The highest BCUT2D eigenvalue weighted by molar-refractivity contribution is 7.92. The third kappa shape index (κ3) is 3.47. The van der Waals surface area contributed by atoms with Crippen molar-refractivity contribution in [3.63, 3.8) is 0 Å². The van der Waals surface area contributed by atoms with Crippen LogP contribution in [0.4, 0.5) is 5.69 Å². The average molecular weight is 357 g/mol. The predicted octanol–water partition coefficient (Wildman–Crippen LogP) is 0.527. The lowest BCUT2D eigenvalue weighted by Crippen LogP contribution is -2.46. The monoisotopic (exact) mass is 357 g/mol. The van der Waals surface area contributed by atoms with E-state index in [-0.39, 0.29) is 18.9 Å². The van der Waals surface area contributed by atoms with Gasteiger partial charge in [-0.05, 0) is 24.6 Å². The molecule has 1 fully saturated rings. The number of carboxylic acid groups (broad SMARTS) is 1. The number of carbonyl (C=O) groups is 1. The summed E-state index contributed by atoms with van der Waals surface area (Å²) in [6, 6.07) is 4.96. The number of anilines is 1. The van der Waals surface area contributed by atoms with Crippen LogP contribution in [0.15, 0.2) is 18.2 Å². The maximum atomic E-state index is 11.4. The van der Waals surface area contributed by atoms with Gasteiger partial charge in [-0.1, -0.05) is 0 Å². The van der Waals surface area contributed by atoms with Gasteiger partial charge in [0, 0.05) is 17.2 Å². The lowest BCUT2D eigenvalue weighted by atomic mass is 9.84. The molecule has 0 aliphatic carbocycles. The molecule has 0 spiro atoms. The van der Waals surface area contributed by atoms with Gasteiger partial charge in [0.05, 0.1) is 25.4 Å². The van der Waals surface area contributed by atoms with Crippen molar-refractivity contribution in [1.29, 1.82) is 0 Å². The molecule has 0 amide bonds. The van der Waals surface area contributed by atoms with E-state index in [1.165, 1.54) is 0 Å². The Morgan fingerprint density at radius 2 is 2.17 bits per heavy atom. The summed E-state index contributed by atoms with van der Waals surface area (Å²) >= 11 is 0. The van der Waals surface area contributed by atoms with Crippen LogP contribution in [0.3, 0.4) is 0 Å². The maximum Gasteiger partial charge on any atom is 0.305 e. The summed E-state index contributed by atoms with van der Waals surface area (Å²) in [7, 11) is -3.40. The normalized spacial score (nSPS) is 28.6. The second-order valence-electron chi connectivity index (χ2n) is 6.13. The molecule has 0 aromatic heterocycles. The van der Waals surface area contributed by atoms with Crippen LogP contribution >= 0.6 is 0 Å². The predicted molar refractivity (Wildman–Crippen MR) is 84.7 cm³/mol. The quantitative estimate of drug-likeness (QED) is 0.702. The molecule has 0 bridgehead atoms. The van der Waals surface area contributed by atoms with Gasteiger partial charge < -0.3 is 19.7 Å². The summed E-state index contributed by atoms with van der Waals surface area (Å²) in [5, 5.41) is 18.5. The Morgan fingerprint density at radius 3 is 2.79 bits per heavy atom. The zero-order chi connectivity index (χ0) is 17.5. The molecule has 0 unspecified atom stereocenters. The van der Waals surface area contributed by atoms with Crippen molar-refractivity contribution in [1.82, 2.24) is 0 Å². The fraction of sp³-hybridized carbons (Fsp3) is 0.533. The molecule has 1 aromatic rings. The third-order valence-electron chi connectivity index (χ3n) is 4.20. The van der Waals surface area contributed by atoms with E-state index < -0.39 is 34.3 Å². The van der Waals surface area contributed by atoms with Crippen LogP contribution in [-0.4, -0.2) is 55.8 Å². The highest BCUT2D eigenvalue weighted by Gasteiger charge is 2.46. The third-order valence-corrected chi connectivity index (χ3v) is 4.81. The van der Waals surface area contributed by atoms with Crippen LogP contribution in [0.25, 0.3) is 0 Å². The number of rotatable bonds is 5. The fourth-order valence-electron chi connectivity index (χ4n) is 3.36. The van der Waals surface area contributed by atoms with Gasteiger partial charge in [-0.15, -0.1) is 0 Å². The van der Waals surface area contributed by atoms with E-state index in [2.05, 4.69) is 4.72 Å². The molecule has 2 aliphatic heterocycles. The van der Waals surface area contributed by atoms with Crippen molar-refractivity contribution in [3.05, 3.63) is 23.8 Å². The van der Waals surface area contributed by atoms with Crippen molar-refractivity contribution in [3.8, 4) is 5.75 Å². The molecule has 9 heteroatoms. The molecule has 3 N–H and O–H groups in total. The molecule has 132 valence electrons. The summed E-state index contributed by atoms with van der Waals surface area (Å²) in [5.41, 5.74) is 1.22. The van der Waals surface area contributed by atoms with Crippen LogP contribution in [0, 0.1) is 0 Å². The van der Waals surface area contributed by atoms with Gasteiger partial charge in [-0.2, -0.15) is 0 Å². The summed E-state index contributed by atoms with van der Waals surface area (Å²) in [6.45, 7) is -0.278.